The summed E-state index contributed by atoms with van der Waals surface area (Å²) in [6, 6.07) is 15.9. The highest BCUT2D eigenvalue weighted by Crippen LogP contribution is 2.50. The fourth-order valence-corrected chi connectivity index (χ4v) is 4.62. The quantitative estimate of drug-likeness (QED) is 0.253. The molecule has 1 amide bonds. The average Bonchev–Trinajstić information content (AvgIpc) is 2.96. The van der Waals surface area contributed by atoms with Crippen LogP contribution in [0.5, 0.6) is 5.75 Å². The molecule has 4 aromatic rings. The molecule has 0 aliphatic rings. The topological polar surface area (TPSA) is 84.7 Å². The molecule has 0 aliphatic heterocycles. The van der Waals surface area contributed by atoms with E-state index in [4.69, 9.17) is 4.74 Å². The van der Waals surface area contributed by atoms with Crippen molar-refractivity contribution in [2.45, 2.75) is 38.2 Å². The third kappa shape index (κ3) is 6.21. The van der Waals surface area contributed by atoms with Crippen molar-refractivity contribution in [2.75, 3.05) is 19.7 Å². The van der Waals surface area contributed by atoms with Gasteiger partial charge in [-0.25, -0.2) is 4.98 Å². The van der Waals surface area contributed by atoms with Gasteiger partial charge in [0.05, 0.1) is 16.6 Å². The van der Waals surface area contributed by atoms with E-state index in [2.05, 4.69) is 4.98 Å². The molecule has 7 nitrogen and oxygen atoms in total. The van der Waals surface area contributed by atoms with Crippen LogP contribution >= 0.6 is 0 Å². The van der Waals surface area contributed by atoms with Gasteiger partial charge >= 0.3 is 12.4 Å². The minimum Gasteiger partial charge on any atom is -0.484 e. The second-order valence-corrected chi connectivity index (χ2v) is 9.62. The van der Waals surface area contributed by atoms with E-state index in [0.29, 0.717) is 25.2 Å². The van der Waals surface area contributed by atoms with Gasteiger partial charge in [-0.15, -0.1) is 0 Å². The van der Waals surface area contributed by atoms with Crippen LogP contribution in [0.1, 0.15) is 30.8 Å². The summed E-state index contributed by atoms with van der Waals surface area (Å²) in [6.07, 6.45) is -12.0. The maximum atomic E-state index is 13.8. The smallest absolute Gasteiger partial charge is 0.430 e. The number of ether oxygens (including phenoxy) is 1. The summed E-state index contributed by atoms with van der Waals surface area (Å²) < 4.78 is 87.2. The van der Waals surface area contributed by atoms with E-state index in [9.17, 15) is 41.0 Å². The average molecular weight is 608 g/mol. The molecule has 0 spiro atoms. The largest absolute Gasteiger partial charge is 0.484 e. The minimum atomic E-state index is -6.06. The fourth-order valence-electron chi connectivity index (χ4n) is 4.62. The number of likely N-dealkylation sites (N-methyl/N-ethyl adjacent to an activating group) is 1. The lowest BCUT2D eigenvalue weighted by atomic mass is 9.92. The lowest BCUT2D eigenvalue weighted by molar-refractivity contribution is -0.376. The van der Waals surface area contributed by atoms with Crippen molar-refractivity contribution >= 4 is 16.8 Å². The molecule has 13 heteroatoms. The molecule has 0 saturated heterocycles. The molecule has 43 heavy (non-hydrogen) atoms. The fraction of sp³-hybridized carbons (Fsp3) is 0.300. The van der Waals surface area contributed by atoms with Crippen LogP contribution in [-0.2, 0) is 16.8 Å². The molecule has 0 radical (unpaired) electrons. The maximum absolute atomic E-state index is 13.8. The molecule has 0 bridgehead atoms. The first-order valence-electron chi connectivity index (χ1n) is 13.2. The predicted octanol–water partition coefficient (Wildman–Crippen LogP) is 5.54. The molecule has 0 atom stereocenters. The van der Waals surface area contributed by atoms with Crippen LogP contribution in [0, 0.1) is 0 Å². The van der Waals surface area contributed by atoms with Crippen molar-refractivity contribution < 1.29 is 41.0 Å². The number of benzene rings is 3. The van der Waals surface area contributed by atoms with Gasteiger partial charge in [-0.3, -0.25) is 14.2 Å². The third-order valence-electron chi connectivity index (χ3n) is 6.96. The standard InChI is InChI=1S/C30H27F6N3O4/c1-3-38(4-2)26(40)18-43-22-14-15-24-23(17-22)27(41)39(25(37-24)16-19-8-6-5-7-9-19)21-12-10-20(11-13-21)28(42,29(31,32)33)30(34,35)36/h5-15,17,42H,3-4,16,18H2,1-2H3. The number of alkyl halides is 6. The van der Waals surface area contributed by atoms with E-state index in [1.165, 1.54) is 18.2 Å². The number of carbonyl (C=O) groups is 1. The van der Waals surface area contributed by atoms with Crippen molar-refractivity contribution in [1.29, 1.82) is 0 Å². The number of fused-ring (bicyclic) bond motifs is 1. The molecule has 0 aliphatic carbocycles. The van der Waals surface area contributed by atoms with Gasteiger partial charge in [0.2, 0.25) is 0 Å². The molecule has 0 fully saturated rings. The van der Waals surface area contributed by atoms with E-state index in [1.54, 1.807) is 35.2 Å². The molecule has 1 aromatic heterocycles. The van der Waals surface area contributed by atoms with Gasteiger partial charge in [0.25, 0.3) is 17.1 Å². The van der Waals surface area contributed by atoms with Gasteiger partial charge in [-0.2, -0.15) is 26.3 Å². The monoisotopic (exact) mass is 607 g/mol. The van der Waals surface area contributed by atoms with Crippen LogP contribution in [0.15, 0.2) is 77.6 Å². The number of aromatic nitrogens is 2. The van der Waals surface area contributed by atoms with Gasteiger partial charge in [-0.1, -0.05) is 42.5 Å². The van der Waals surface area contributed by atoms with Gasteiger partial charge in [0.15, 0.2) is 6.61 Å². The highest BCUT2D eigenvalue weighted by Gasteiger charge is 2.71. The summed E-state index contributed by atoms with van der Waals surface area (Å²) >= 11 is 0. The molecule has 3 aromatic carbocycles. The number of rotatable bonds is 9. The molecule has 1 N–H and O–H groups in total. The van der Waals surface area contributed by atoms with Gasteiger partial charge < -0.3 is 14.7 Å². The van der Waals surface area contributed by atoms with Crippen molar-refractivity contribution in [3.8, 4) is 11.4 Å². The summed E-state index contributed by atoms with van der Waals surface area (Å²) in [7, 11) is 0. The SMILES string of the molecule is CCN(CC)C(=O)COc1ccc2nc(Cc3ccccc3)n(-c3ccc(C(O)(C(F)(F)F)C(F)(F)F)cc3)c(=O)c2c1. The normalized spacial score (nSPS) is 12.4. The van der Waals surface area contributed by atoms with Crippen molar-refractivity contribution in [3.63, 3.8) is 0 Å². The highest BCUT2D eigenvalue weighted by atomic mass is 19.4. The summed E-state index contributed by atoms with van der Waals surface area (Å²) in [6.45, 7) is 4.31. The Bertz CT molecular complexity index is 1630. The Labute approximate surface area is 242 Å². The van der Waals surface area contributed by atoms with Gasteiger partial charge in [0.1, 0.15) is 11.6 Å². The second kappa shape index (κ2) is 12.1. The third-order valence-corrected chi connectivity index (χ3v) is 6.96. The molecule has 0 saturated carbocycles. The van der Waals surface area contributed by atoms with Crippen LogP contribution in [-0.4, -0.2) is 57.5 Å². The lowest BCUT2D eigenvalue weighted by Crippen LogP contribution is -2.53. The number of hydrogen-bond acceptors (Lipinski definition) is 5. The van der Waals surface area contributed by atoms with Crippen LogP contribution in [0.3, 0.4) is 0 Å². The number of hydrogen-bond donors (Lipinski definition) is 1. The molecule has 4 rings (SSSR count). The second-order valence-electron chi connectivity index (χ2n) is 9.62. The van der Waals surface area contributed by atoms with Crippen LogP contribution in [0.4, 0.5) is 26.3 Å². The maximum Gasteiger partial charge on any atom is 0.430 e. The van der Waals surface area contributed by atoms with E-state index in [1.807, 2.05) is 13.8 Å². The molecular weight excluding hydrogens is 580 g/mol. The Hall–Kier alpha value is -4.39. The van der Waals surface area contributed by atoms with Crippen LogP contribution in [0.2, 0.25) is 0 Å². The number of aliphatic hydroxyl groups is 1. The number of carbonyl (C=O) groups excluding carboxylic acids is 1. The predicted molar refractivity (Wildman–Crippen MR) is 146 cm³/mol. The van der Waals surface area contributed by atoms with E-state index in [0.717, 1.165) is 22.3 Å². The zero-order valence-electron chi connectivity index (χ0n) is 23.0. The zero-order chi connectivity index (χ0) is 31.6. The highest BCUT2D eigenvalue weighted by molar-refractivity contribution is 5.81. The first-order chi connectivity index (χ1) is 20.2. The number of nitrogens with zero attached hydrogens (tertiary/aromatic N) is 3. The Morgan fingerprint density at radius 1 is 0.907 bits per heavy atom. The summed E-state index contributed by atoms with van der Waals surface area (Å²) in [5.41, 5.74) is -6.34. The zero-order valence-corrected chi connectivity index (χ0v) is 23.0. The summed E-state index contributed by atoms with van der Waals surface area (Å²) in [5.74, 6) is 0.0744. The lowest BCUT2D eigenvalue weighted by Gasteiger charge is -2.32. The Morgan fingerprint density at radius 2 is 1.51 bits per heavy atom. The minimum absolute atomic E-state index is 0.0377. The van der Waals surface area contributed by atoms with E-state index < -0.39 is 29.1 Å². The summed E-state index contributed by atoms with van der Waals surface area (Å²) in [4.78, 5) is 32.3. The first-order valence-corrected chi connectivity index (χ1v) is 13.2. The van der Waals surface area contributed by atoms with Gasteiger partial charge in [0, 0.05) is 25.1 Å². The van der Waals surface area contributed by atoms with Crippen molar-refractivity contribution in [1.82, 2.24) is 14.5 Å². The van der Waals surface area contributed by atoms with Crippen molar-refractivity contribution in [3.05, 3.63) is 100 Å². The van der Waals surface area contributed by atoms with E-state index >= 15 is 0 Å². The van der Waals surface area contributed by atoms with E-state index in [-0.39, 0.29) is 47.1 Å². The Balaban J connectivity index is 1.82. The number of halogens is 6. The van der Waals surface area contributed by atoms with Crippen molar-refractivity contribution in [2.24, 2.45) is 0 Å². The number of amides is 1. The van der Waals surface area contributed by atoms with Crippen LogP contribution in [0.25, 0.3) is 16.6 Å². The molecular formula is C30H27F6N3O4. The first kappa shape index (κ1) is 31.5. The van der Waals surface area contributed by atoms with Crippen LogP contribution < -0.4 is 10.3 Å². The van der Waals surface area contributed by atoms with Gasteiger partial charge in [-0.05, 0) is 49.7 Å². The Morgan fingerprint density at radius 3 is 2.07 bits per heavy atom. The molecule has 1 heterocycles. The molecule has 0 unspecified atom stereocenters. The molecule has 228 valence electrons. The Kier molecular flexibility index (Phi) is 8.86. The summed E-state index contributed by atoms with van der Waals surface area (Å²) in [5, 5.41) is 9.81.